The third kappa shape index (κ3) is 16.8. The predicted molar refractivity (Wildman–Crippen MR) is 162 cm³/mol. The van der Waals surface area contributed by atoms with E-state index >= 15 is 0 Å². The zero-order valence-electron chi connectivity index (χ0n) is 26.0. The molecule has 1 aliphatic heterocycles. The average molecular weight is 665 g/mol. The first-order chi connectivity index (χ1) is 19.6. The molecule has 0 bridgehead atoms. The average Bonchev–Trinajstić information content (AvgIpc) is 2.89. The van der Waals surface area contributed by atoms with E-state index in [1.54, 1.807) is 10.0 Å². The van der Waals surface area contributed by atoms with Gasteiger partial charge in [0.15, 0.2) is 0 Å². The van der Waals surface area contributed by atoms with E-state index in [0.29, 0.717) is 0 Å². The second kappa shape index (κ2) is 22.3. The molecule has 9 nitrogen and oxygen atoms in total. The van der Waals surface area contributed by atoms with E-state index in [4.69, 9.17) is 23.7 Å². The number of carbonyl (C=O) groups excluding carboxylic acids is 4. The molecule has 0 aliphatic carbocycles. The van der Waals surface area contributed by atoms with Gasteiger partial charge in [0.2, 0.25) is 0 Å². The van der Waals surface area contributed by atoms with Gasteiger partial charge in [-0.05, 0) is 0 Å². The van der Waals surface area contributed by atoms with Crippen LogP contribution in [0, 0.1) is 0 Å². The standard InChI is InChI=1S/C30H53AsO9S/c1-7-9-11-13-15-17-19-31(20-18-16-14-12-10-8-2)41-30-29(39-25(6)35)28(38-24(5)34)27(37-23(4)33)26(40-30)21-36-22(3)32/h26-30H,7-21H2,1-6H3/t26-,27-,28+,29-,30+/m1/s1. The number of carbonyl (C=O) groups is 4. The van der Waals surface area contributed by atoms with Crippen molar-refractivity contribution < 1.29 is 42.9 Å². The second-order valence-corrected chi connectivity index (χ2v) is 19.2. The molecule has 1 saturated heterocycles. The number of rotatable bonds is 21. The van der Waals surface area contributed by atoms with Crippen molar-refractivity contribution in [2.45, 2.75) is 159 Å². The van der Waals surface area contributed by atoms with Crippen LogP contribution in [0.3, 0.4) is 0 Å². The fourth-order valence-electron chi connectivity index (χ4n) is 4.77. The molecule has 238 valence electrons. The number of hydrogen-bond donors (Lipinski definition) is 0. The summed E-state index contributed by atoms with van der Waals surface area (Å²) in [5.74, 6) is -2.28. The number of unbranched alkanes of at least 4 members (excludes halogenated alkanes) is 10. The molecular weight excluding hydrogens is 611 g/mol. The molecule has 0 unspecified atom stereocenters. The molecule has 0 aromatic rings. The van der Waals surface area contributed by atoms with E-state index in [1.807, 2.05) is 0 Å². The van der Waals surface area contributed by atoms with Crippen LogP contribution in [0.1, 0.15) is 119 Å². The molecule has 0 aromatic heterocycles. The van der Waals surface area contributed by atoms with Crippen molar-refractivity contribution >= 4 is 47.4 Å². The van der Waals surface area contributed by atoms with Gasteiger partial charge in [-0.3, -0.25) is 0 Å². The van der Waals surface area contributed by atoms with Crippen molar-refractivity contribution in [2.75, 3.05) is 6.61 Å². The summed E-state index contributed by atoms with van der Waals surface area (Å²) in [5, 5.41) is 2.26. The van der Waals surface area contributed by atoms with Crippen molar-refractivity contribution in [2.24, 2.45) is 0 Å². The third-order valence-electron chi connectivity index (χ3n) is 6.72. The molecule has 11 heteroatoms. The van der Waals surface area contributed by atoms with Crippen LogP contribution in [-0.4, -0.2) is 73.8 Å². The second-order valence-electron chi connectivity index (χ2n) is 10.6. The van der Waals surface area contributed by atoms with Crippen molar-refractivity contribution in [3.05, 3.63) is 0 Å². The van der Waals surface area contributed by atoms with E-state index in [1.165, 1.54) is 91.9 Å². The molecule has 0 saturated carbocycles. The zero-order valence-corrected chi connectivity index (χ0v) is 28.7. The summed E-state index contributed by atoms with van der Waals surface area (Å²) in [4.78, 5) is 48.0. The first kappa shape index (κ1) is 37.8. The predicted octanol–water partition coefficient (Wildman–Crippen LogP) is 6.52. The molecule has 0 N–H and O–H groups in total. The topological polar surface area (TPSA) is 114 Å². The van der Waals surface area contributed by atoms with Gasteiger partial charge in [0, 0.05) is 0 Å². The van der Waals surface area contributed by atoms with Crippen LogP contribution < -0.4 is 0 Å². The van der Waals surface area contributed by atoms with E-state index in [9.17, 15) is 19.2 Å². The van der Waals surface area contributed by atoms with Crippen LogP contribution in [0.15, 0.2) is 0 Å². The van der Waals surface area contributed by atoms with Crippen LogP contribution in [-0.2, 0) is 42.9 Å². The summed E-state index contributed by atoms with van der Waals surface area (Å²) in [6, 6.07) is 0. The van der Waals surface area contributed by atoms with Crippen LogP contribution in [0.4, 0.5) is 0 Å². The van der Waals surface area contributed by atoms with Gasteiger partial charge in [-0.15, -0.1) is 0 Å². The number of ether oxygens (including phenoxy) is 5. The first-order valence-electron chi connectivity index (χ1n) is 15.3. The summed E-state index contributed by atoms with van der Waals surface area (Å²) in [5.41, 5.74) is -0.643. The third-order valence-corrected chi connectivity index (χ3v) is 16.1. The van der Waals surface area contributed by atoms with Gasteiger partial charge in [0.1, 0.15) is 0 Å². The van der Waals surface area contributed by atoms with Crippen molar-refractivity contribution in [3.8, 4) is 0 Å². The molecule has 1 fully saturated rings. The SMILES string of the molecule is CCCCCCCC[As](CCCCCCCC)S[C@@H]1O[C@H](COC(C)=O)[C@@H](OC(C)=O)[C@H](OC(C)=O)[C@H]1OC(C)=O. The monoisotopic (exact) mass is 664 g/mol. The summed E-state index contributed by atoms with van der Waals surface area (Å²) in [7, 11) is 1.72. The minimum absolute atomic E-state index is 0.184. The maximum atomic E-state index is 12.2. The molecule has 1 heterocycles. The molecule has 1 rings (SSSR count). The molecular formula is C30H53AsO9S. The van der Waals surface area contributed by atoms with Gasteiger partial charge in [-0.25, -0.2) is 0 Å². The Hall–Kier alpha value is -1.25. The van der Waals surface area contributed by atoms with Gasteiger partial charge in [0.05, 0.1) is 0 Å². The Kier molecular flexibility index (Phi) is 20.6. The Labute approximate surface area is 255 Å². The Morgan fingerprint density at radius 1 is 0.610 bits per heavy atom. The van der Waals surface area contributed by atoms with Gasteiger partial charge in [0.25, 0.3) is 0 Å². The molecule has 5 atom stereocenters. The van der Waals surface area contributed by atoms with Crippen molar-refractivity contribution in [3.63, 3.8) is 0 Å². The fourth-order valence-corrected chi connectivity index (χ4v) is 14.3. The summed E-state index contributed by atoms with van der Waals surface area (Å²) >= 11 is -1.53. The molecule has 41 heavy (non-hydrogen) atoms. The Balaban J connectivity index is 3.18. The zero-order chi connectivity index (χ0) is 30.6. The van der Waals surface area contributed by atoms with Crippen molar-refractivity contribution in [1.29, 1.82) is 0 Å². The number of hydrogen-bond acceptors (Lipinski definition) is 10. The first-order valence-corrected chi connectivity index (χ1v) is 21.1. The van der Waals surface area contributed by atoms with E-state index in [2.05, 4.69) is 13.8 Å². The van der Waals surface area contributed by atoms with Crippen molar-refractivity contribution in [1.82, 2.24) is 0 Å². The van der Waals surface area contributed by atoms with Crippen LogP contribution >= 0.6 is 10.0 Å². The van der Waals surface area contributed by atoms with Crippen LogP contribution in [0.5, 0.6) is 0 Å². The quantitative estimate of drug-likeness (QED) is 0.0582. The normalized spacial score (nSPS) is 22.3. The van der Waals surface area contributed by atoms with Gasteiger partial charge >= 0.3 is 256 Å². The molecule has 0 amide bonds. The molecule has 0 spiro atoms. The Morgan fingerprint density at radius 2 is 1.05 bits per heavy atom. The minimum atomic E-state index is -1.53. The summed E-state index contributed by atoms with van der Waals surface area (Å²) < 4.78 is 28.5. The van der Waals surface area contributed by atoms with Gasteiger partial charge in [-0.1, -0.05) is 0 Å². The fraction of sp³-hybridized carbons (Fsp3) is 0.867. The summed E-state index contributed by atoms with van der Waals surface area (Å²) in [6.07, 6.45) is 10.6. The van der Waals surface area contributed by atoms with Gasteiger partial charge in [-0.2, -0.15) is 0 Å². The Morgan fingerprint density at radius 3 is 1.51 bits per heavy atom. The van der Waals surface area contributed by atoms with E-state index in [0.717, 1.165) is 23.3 Å². The van der Waals surface area contributed by atoms with E-state index in [-0.39, 0.29) is 6.61 Å². The molecule has 0 radical (unpaired) electrons. The molecule has 1 aliphatic rings. The number of esters is 4. The van der Waals surface area contributed by atoms with Crippen LogP contribution in [0.25, 0.3) is 0 Å². The Bertz CT molecular complexity index is 765. The molecule has 0 aromatic carbocycles. The van der Waals surface area contributed by atoms with Gasteiger partial charge < -0.3 is 0 Å². The summed E-state index contributed by atoms with van der Waals surface area (Å²) in [6.45, 7) is 9.31. The maximum absolute atomic E-state index is 12.2. The van der Waals surface area contributed by atoms with Crippen LogP contribution in [0.2, 0.25) is 10.4 Å². The van der Waals surface area contributed by atoms with E-state index < -0.39 is 67.2 Å².